The van der Waals surface area contributed by atoms with Gasteiger partial charge in [-0.05, 0) is 81.2 Å². The molecule has 13 heteroatoms. The molecule has 1 aliphatic rings. The van der Waals surface area contributed by atoms with Crippen molar-refractivity contribution >= 4 is 41.0 Å². The number of aromatic nitrogens is 2. The zero-order valence-corrected chi connectivity index (χ0v) is 24.3. The summed E-state index contributed by atoms with van der Waals surface area (Å²) in [5.41, 5.74) is 1.81. The minimum atomic E-state index is -4.54. The zero-order chi connectivity index (χ0) is 30.8. The SMILES string of the molecule is C/C=N\C(=N/c1cncnc1Nc1cc(C(=O)Nc2cc(CN3CCCC3)cc(C(F)(F)F)c2)ccc1C)NCCOC. The molecule has 1 aromatic heterocycles. The van der Waals surface area contributed by atoms with Crippen molar-refractivity contribution in [1.82, 2.24) is 20.2 Å². The molecule has 4 rings (SSSR count). The monoisotopic (exact) mass is 596 g/mol. The number of guanidine groups is 1. The van der Waals surface area contributed by atoms with Crippen LogP contribution in [-0.4, -0.2) is 66.3 Å². The summed E-state index contributed by atoms with van der Waals surface area (Å²) in [5, 5.41) is 8.93. The first kappa shape index (κ1) is 31.6. The van der Waals surface area contributed by atoms with E-state index in [2.05, 4.69) is 40.8 Å². The van der Waals surface area contributed by atoms with Crippen molar-refractivity contribution in [1.29, 1.82) is 0 Å². The topological polar surface area (TPSA) is 116 Å². The Labute approximate surface area is 248 Å². The number of methoxy groups -OCH3 is 1. The van der Waals surface area contributed by atoms with E-state index in [0.29, 0.717) is 48.4 Å². The summed E-state index contributed by atoms with van der Waals surface area (Å²) in [4.78, 5) is 32.5. The number of halogens is 3. The number of carbonyl (C=O) groups is 1. The van der Waals surface area contributed by atoms with E-state index in [1.165, 1.54) is 12.5 Å². The van der Waals surface area contributed by atoms with Crippen LogP contribution in [0.1, 0.15) is 46.8 Å². The minimum absolute atomic E-state index is 0.0847. The van der Waals surface area contributed by atoms with Crippen LogP contribution in [-0.2, 0) is 17.5 Å². The van der Waals surface area contributed by atoms with Gasteiger partial charge in [0.25, 0.3) is 5.91 Å². The van der Waals surface area contributed by atoms with Crippen molar-refractivity contribution < 1.29 is 22.7 Å². The number of rotatable bonds is 10. The average Bonchev–Trinajstić information content (AvgIpc) is 3.48. The van der Waals surface area contributed by atoms with E-state index in [0.717, 1.165) is 43.6 Å². The molecule has 0 atom stereocenters. The molecule has 0 saturated carbocycles. The van der Waals surface area contributed by atoms with Gasteiger partial charge in [0.2, 0.25) is 5.96 Å². The summed E-state index contributed by atoms with van der Waals surface area (Å²) in [6.45, 7) is 6.64. The Morgan fingerprint density at radius 2 is 1.95 bits per heavy atom. The van der Waals surface area contributed by atoms with Crippen LogP contribution in [0.4, 0.5) is 36.1 Å². The van der Waals surface area contributed by atoms with Crippen LogP contribution < -0.4 is 16.0 Å². The summed E-state index contributed by atoms with van der Waals surface area (Å²) >= 11 is 0. The number of anilines is 3. The van der Waals surface area contributed by atoms with Crippen molar-refractivity contribution in [2.75, 3.05) is 44.0 Å². The summed E-state index contributed by atoms with van der Waals surface area (Å²) in [5.74, 6) is 0.169. The number of ether oxygens (including phenoxy) is 1. The standard InChI is InChI=1S/C30H35F3N8O2/c1-4-35-29(36-9-12-43-3)40-26-17-34-19-37-27(26)39-25-15-22(8-7-20(25)2)28(42)38-24-14-21(18-41-10-5-6-11-41)13-23(16-24)30(31,32)33/h4,7-8,13-17,19H,5-6,9-12,18H2,1-3H3,(H,36,40)(H,38,42)(H,34,37,39)/b35-4-. The second-order valence-electron chi connectivity index (χ2n) is 10.0. The molecule has 0 bridgehead atoms. The van der Waals surface area contributed by atoms with Crippen LogP contribution in [0, 0.1) is 6.92 Å². The third kappa shape index (κ3) is 9.06. The van der Waals surface area contributed by atoms with Gasteiger partial charge in [0.05, 0.1) is 18.4 Å². The molecule has 228 valence electrons. The van der Waals surface area contributed by atoms with Gasteiger partial charge in [-0.1, -0.05) is 6.07 Å². The highest BCUT2D eigenvalue weighted by Crippen LogP contribution is 2.33. The number of nitrogens with zero attached hydrogens (tertiary/aromatic N) is 5. The molecule has 43 heavy (non-hydrogen) atoms. The summed E-state index contributed by atoms with van der Waals surface area (Å²) < 4.78 is 46.1. The van der Waals surface area contributed by atoms with Crippen molar-refractivity contribution in [3.8, 4) is 0 Å². The van der Waals surface area contributed by atoms with Crippen LogP contribution >= 0.6 is 0 Å². The van der Waals surface area contributed by atoms with Crippen molar-refractivity contribution in [3.05, 3.63) is 71.2 Å². The van der Waals surface area contributed by atoms with E-state index >= 15 is 0 Å². The molecule has 1 aliphatic heterocycles. The zero-order valence-electron chi connectivity index (χ0n) is 24.3. The van der Waals surface area contributed by atoms with Crippen LogP contribution in [0.5, 0.6) is 0 Å². The number of alkyl halides is 3. The van der Waals surface area contributed by atoms with E-state index < -0.39 is 17.6 Å². The number of hydrogen-bond donors (Lipinski definition) is 3. The Morgan fingerprint density at radius 3 is 2.67 bits per heavy atom. The number of carbonyl (C=O) groups excluding carboxylic acids is 1. The first-order valence-corrected chi connectivity index (χ1v) is 13.9. The van der Waals surface area contributed by atoms with Crippen LogP contribution in [0.25, 0.3) is 0 Å². The van der Waals surface area contributed by atoms with Gasteiger partial charge in [0.15, 0.2) is 5.82 Å². The van der Waals surface area contributed by atoms with Gasteiger partial charge in [-0.3, -0.25) is 9.69 Å². The number of benzene rings is 2. The Bertz CT molecular complexity index is 1470. The Morgan fingerprint density at radius 1 is 1.16 bits per heavy atom. The highest BCUT2D eigenvalue weighted by atomic mass is 19.4. The fraction of sp³-hybridized carbons (Fsp3) is 0.367. The van der Waals surface area contributed by atoms with Gasteiger partial charge in [-0.2, -0.15) is 13.2 Å². The van der Waals surface area contributed by atoms with E-state index in [-0.39, 0.29) is 11.3 Å². The van der Waals surface area contributed by atoms with Gasteiger partial charge in [0, 0.05) is 43.4 Å². The number of aliphatic imine (C=N–C) groups is 2. The first-order chi connectivity index (χ1) is 20.7. The second kappa shape index (κ2) is 14.7. The molecule has 2 heterocycles. The van der Waals surface area contributed by atoms with Gasteiger partial charge in [0.1, 0.15) is 12.0 Å². The molecular weight excluding hydrogens is 561 g/mol. The molecule has 3 aromatic rings. The third-order valence-corrected chi connectivity index (χ3v) is 6.70. The molecule has 0 aliphatic carbocycles. The number of amides is 1. The largest absolute Gasteiger partial charge is 0.416 e. The van der Waals surface area contributed by atoms with Crippen LogP contribution in [0.2, 0.25) is 0 Å². The smallest absolute Gasteiger partial charge is 0.383 e. The highest BCUT2D eigenvalue weighted by molar-refractivity contribution is 6.05. The fourth-order valence-electron chi connectivity index (χ4n) is 4.56. The molecule has 3 N–H and O–H groups in total. The van der Waals surface area contributed by atoms with E-state index in [1.807, 2.05) is 6.92 Å². The number of nitrogens with one attached hydrogen (secondary N) is 3. The number of aryl methyl sites for hydroxylation is 1. The quantitative estimate of drug-likeness (QED) is 0.156. The highest BCUT2D eigenvalue weighted by Gasteiger charge is 2.31. The summed E-state index contributed by atoms with van der Waals surface area (Å²) in [7, 11) is 1.60. The second-order valence-corrected chi connectivity index (χ2v) is 10.0. The number of likely N-dealkylation sites (tertiary alicyclic amines) is 1. The maximum absolute atomic E-state index is 13.7. The molecule has 1 fully saturated rings. The Hall–Kier alpha value is -4.36. The maximum Gasteiger partial charge on any atom is 0.416 e. The third-order valence-electron chi connectivity index (χ3n) is 6.70. The molecule has 0 radical (unpaired) electrons. The number of hydrogen-bond acceptors (Lipinski definition) is 7. The molecule has 2 aromatic carbocycles. The molecule has 1 saturated heterocycles. The van der Waals surface area contributed by atoms with Crippen molar-refractivity contribution in [3.63, 3.8) is 0 Å². The minimum Gasteiger partial charge on any atom is -0.383 e. The lowest BCUT2D eigenvalue weighted by Crippen LogP contribution is -2.25. The lowest BCUT2D eigenvalue weighted by atomic mass is 10.1. The summed E-state index contributed by atoms with van der Waals surface area (Å²) in [6.07, 6.45) is 1.99. The summed E-state index contributed by atoms with van der Waals surface area (Å²) in [6, 6.07) is 8.67. The van der Waals surface area contributed by atoms with E-state index in [1.54, 1.807) is 44.5 Å². The van der Waals surface area contributed by atoms with Crippen molar-refractivity contribution in [2.24, 2.45) is 9.98 Å². The van der Waals surface area contributed by atoms with E-state index in [9.17, 15) is 18.0 Å². The normalized spacial score (nSPS) is 14.3. The predicted molar refractivity (Wildman–Crippen MR) is 162 cm³/mol. The van der Waals surface area contributed by atoms with E-state index in [4.69, 9.17) is 4.74 Å². The maximum atomic E-state index is 13.7. The van der Waals surface area contributed by atoms with Gasteiger partial charge >= 0.3 is 6.18 Å². The lowest BCUT2D eigenvalue weighted by molar-refractivity contribution is -0.137. The van der Waals surface area contributed by atoms with Crippen molar-refractivity contribution in [2.45, 2.75) is 39.4 Å². The first-order valence-electron chi connectivity index (χ1n) is 13.9. The van der Waals surface area contributed by atoms with Gasteiger partial charge in [-0.15, -0.1) is 0 Å². The van der Waals surface area contributed by atoms with Crippen LogP contribution in [0.3, 0.4) is 0 Å². The molecule has 0 spiro atoms. The molecule has 0 unspecified atom stereocenters. The molecule has 10 nitrogen and oxygen atoms in total. The Kier molecular flexibility index (Phi) is 10.8. The van der Waals surface area contributed by atoms with Gasteiger partial charge in [-0.25, -0.2) is 20.0 Å². The molecule has 1 amide bonds. The van der Waals surface area contributed by atoms with Gasteiger partial charge < -0.3 is 20.7 Å². The Balaban J connectivity index is 1.56. The molecular formula is C30H35F3N8O2. The fourth-order valence-corrected chi connectivity index (χ4v) is 4.56. The van der Waals surface area contributed by atoms with Crippen LogP contribution in [0.15, 0.2) is 58.9 Å². The predicted octanol–water partition coefficient (Wildman–Crippen LogP) is 5.71. The lowest BCUT2D eigenvalue weighted by Gasteiger charge is -2.18. The average molecular weight is 597 g/mol.